The highest BCUT2D eigenvalue weighted by Crippen LogP contribution is 2.37. The van der Waals surface area contributed by atoms with E-state index in [1.165, 1.54) is 35.1 Å². The van der Waals surface area contributed by atoms with Crippen LogP contribution in [0.4, 0.5) is 5.69 Å². The highest BCUT2D eigenvalue weighted by atomic mass is 16.5. The Labute approximate surface area is 193 Å². The third-order valence-electron chi connectivity index (χ3n) is 5.43. The predicted molar refractivity (Wildman–Crippen MR) is 118 cm³/mol. The number of anilines is 1. The molecule has 0 aliphatic heterocycles. The molecule has 12 nitrogen and oxygen atoms in total. The highest BCUT2D eigenvalue weighted by Gasteiger charge is 2.32. The van der Waals surface area contributed by atoms with Crippen molar-refractivity contribution in [3.05, 3.63) is 81.9 Å². The van der Waals surface area contributed by atoms with Crippen LogP contribution in [0, 0.1) is 11.3 Å². The number of aromatic hydroxyl groups is 1. The number of nitriles is 1. The second kappa shape index (κ2) is 8.99. The van der Waals surface area contributed by atoms with Crippen LogP contribution >= 0.6 is 0 Å². The lowest BCUT2D eigenvalue weighted by Gasteiger charge is -2.24. The van der Waals surface area contributed by atoms with Crippen molar-refractivity contribution in [2.75, 3.05) is 5.32 Å². The molecular formula is C22H20N8O4. The average Bonchev–Trinajstić information content (AvgIpc) is 3.50. The molecule has 0 spiro atoms. The van der Waals surface area contributed by atoms with Crippen molar-refractivity contribution >= 4 is 11.6 Å². The Morgan fingerprint density at radius 3 is 2.71 bits per heavy atom. The van der Waals surface area contributed by atoms with Gasteiger partial charge < -0.3 is 14.9 Å². The van der Waals surface area contributed by atoms with Crippen molar-refractivity contribution in [3.63, 3.8) is 0 Å². The zero-order valence-electron chi connectivity index (χ0n) is 18.5. The maximum absolute atomic E-state index is 12.8. The number of hydrogen-bond acceptors (Lipinski definition) is 9. The molecule has 34 heavy (non-hydrogen) atoms. The van der Waals surface area contributed by atoms with Crippen LogP contribution in [0.5, 0.6) is 5.75 Å². The first kappa shape index (κ1) is 22.4. The van der Waals surface area contributed by atoms with Gasteiger partial charge in [0.2, 0.25) is 5.75 Å². The summed E-state index contributed by atoms with van der Waals surface area (Å²) in [6.45, 7) is 1.79. The molecule has 0 aliphatic rings. The smallest absolute Gasteiger partial charge is 0.296 e. The molecule has 0 radical (unpaired) electrons. The van der Waals surface area contributed by atoms with E-state index in [-0.39, 0.29) is 11.5 Å². The zero-order chi connectivity index (χ0) is 24.4. The van der Waals surface area contributed by atoms with Crippen LogP contribution in [0.2, 0.25) is 0 Å². The topological polar surface area (TPSA) is 165 Å². The fourth-order valence-corrected chi connectivity index (χ4v) is 3.78. The minimum atomic E-state index is -0.809. The Bertz CT molecular complexity index is 1450. The Hall–Kier alpha value is -4.79. The molecule has 3 aromatic heterocycles. The molecule has 0 aliphatic carbocycles. The molecule has 1 amide bonds. The van der Waals surface area contributed by atoms with Gasteiger partial charge in [-0.1, -0.05) is 30.3 Å². The molecule has 0 fully saturated rings. The fourth-order valence-electron chi connectivity index (χ4n) is 3.78. The van der Waals surface area contributed by atoms with E-state index in [2.05, 4.69) is 36.1 Å². The number of aryl methyl sites for hydroxylation is 1. The summed E-state index contributed by atoms with van der Waals surface area (Å²) in [6.07, 6.45) is 3.99. The Morgan fingerprint density at radius 2 is 2.06 bits per heavy atom. The molecule has 3 heterocycles. The second-order valence-corrected chi connectivity index (χ2v) is 7.64. The number of hydrogen-bond donors (Lipinski definition) is 2. The van der Waals surface area contributed by atoms with Crippen molar-refractivity contribution < 1.29 is 14.4 Å². The molecule has 4 aromatic rings. The summed E-state index contributed by atoms with van der Waals surface area (Å²) in [5.74, 6) is -2.14. The third-order valence-corrected chi connectivity index (χ3v) is 5.43. The van der Waals surface area contributed by atoms with Crippen molar-refractivity contribution in [1.82, 2.24) is 29.5 Å². The lowest BCUT2D eigenvalue weighted by Crippen LogP contribution is -2.29. The SMILES string of the molecule is CC(c1nc(C(=O)Nc2cnoc2)c(O)c(=O)n1C)C(c1ncn(C)n1)c1ccccc1C#N. The number of nitrogens with zero attached hydrogens (tertiary/aromatic N) is 7. The van der Waals surface area contributed by atoms with Gasteiger partial charge in [0.1, 0.15) is 24.1 Å². The largest absolute Gasteiger partial charge is 0.501 e. The van der Waals surface area contributed by atoms with Crippen LogP contribution in [-0.2, 0) is 14.1 Å². The third kappa shape index (κ3) is 4.02. The van der Waals surface area contributed by atoms with Gasteiger partial charge in [-0.25, -0.2) is 9.97 Å². The van der Waals surface area contributed by atoms with Gasteiger partial charge in [0, 0.05) is 20.0 Å². The minimum Gasteiger partial charge on any atom is -0.501 e. The summed E-state index contributed by atoms with van der Waals surface area (Å²) in [5, 5.41) is 30.4. The maximum atomic E-state index is 12.8. The van der Waals surface area contributed by atoms with E-state index in [4.69, 9.17) is 0 Å². The summed E-state index contributed by atoms with van der Waals surface area (Å²) >= 11 is 0. The molecule has 12 heteroatoms. The van der Waals surface area contributed by atoms with E-state index in [0.29, 0.717) is 17.0 Å². The molecule has 1 aromatic carbocycles. The van der Waals surface area contributed by atoms with Gasteiger partial charge >= 0.3 is 0 Å². The molecular weight excluding hydrogens is 440 g/mol. The van der Waals surface area contributed by atoms with E-state index in [1.807, 2.05) is 0 Å². The van der Waals surface area contributed by atoms with E-state index >= 15 is 0 Å². The van der Waals surface area contributed by atoms with Gasteiger partial charge in [-0.15, -0.1) is 0 Å². The van der Waals surface area contributed by atoms with Crippen molar-refractivity contribution in [3.8, 4) is 11.8 Å². The monoisotopic (exact) mass is 460 g/mol. The number of amides is 1. The summed E-state index contributed by atoms with van der Waals surface area (Å²) in [4.78, 5) is 34.3. The number of carbonyl (C=O) groups excluding carboxylic acids is 1. The lowest BCUT2D eigenvalue weighted by atomic mass is 9.83. The van der Waals surface area contributed by atoms with E-state index in [9.17, 15) is 20.0 Å². The second-order valence-electron chi connectivity index (χ2n) is 7.64. The fraction of sp³-hybridized carbons (Fsp3) is 0.227. The Kier molecular flexibility index (Phi) is 5.92. The molecule has 172 valence electrons. The van der Waals surface area contributed by atoms with E-state index < -0.39 is 34.7 Å². The summed E-state index contributed by atoms with van der Waals surface area (Å²) in [5.41, 5.74) is 0.0450. The average molecular weight is 460 g/mol. The number of nitrogens with one attached hydrogen (secondary N) is 1. The normalized spacial score (nSPS) is 12.6. The predicted octanol–water partition coefficient (Wildman–Crippen LogP) is 1.66. The first-order valence-corrected chi connectivity index (χ1v) is 10.2. The first-order valence-electron chi connectivity index (χ1n) is 10.2. The molecule has 2 unspecified atom stereocenters. The van der Waals surface area contributed by atoms with E-state index in [1.54, 1.807) is 38.2 Å². The summed E-state index contributed by atoms with van der Waals surface area (Å²) in [6, 6.07) is 9.18. The van der Waals surface area contributed by atoms with Crippen LogP contribution in [0.1, 0.15) is 52.0 Å². The molecule has 0 saturated heterocycles. The van der Waals surface area contributed by atoms with Gasteiger partial charge in [0.15, 0.2) is 11.5 Å². The van der Waals surface area contributed by atoms with Crippen molar-refractivity contribution in [2.24, 2.45) is 14.1 Å². The Morgan fingerprint density at radius 1 is 1.29 bits per heavy atom. The van der Waals surface area contributed by atoms with Gasteiger partial charge in [-0.2, -0.15) is 10.4 Å². The molecule has 0 saturated carbocycles. The van der Waals surface area contributed by atoms with Crippen molar-refractivity contribution in [2.45, 2.75) is 18.8 Å². The quantitative estimate of drug-likeness (QED) is 0.435. The summed E-state index contributed by atoms with van der Waals surface area (Å²) < 4.78 is 7.38. The maximum Gasteiger partial charge on any atom is 0.296 e. The van der Waals surface area contributed by atoms with Crippen LogP contribution < -0.4 is 10.9 Å². The number of benzene rings is 1. The lowest BCUT2D eigenvalue weighted by molar-refractivity contribution is 0.101. The van der Waals surface area contributed by atoms with Crippen molar-refractivity contribution in [1.29, 1.82) is 5.26 Å². The van der Waals surface area contributed by atoms with Gasteiger partial charge in [-0.3, -0.25) is 18.8 Å². The van der Waals surface area contributed by atoms with Crippen LogP contribution in [0.25, 0.3) is 0 Å². The Balaban J connectivity index is 1.85. The first-order chi connectivity index (χ1) is 16.3. The van der Waals surface area contributed by atoms with Gasteiger partial charge in [-0.05, 0) is 11.6 Å². The van der Waals surface area contributed by atoms with Gasteiger partial charge in [0.05, 0.1) is 23.7 Å². The molecule has 0 bridgehead atoms. The minimum absolute atomic E-state index is 0.198. The molecule has 2 N–H and O–H groups in total. The standard InChI is InChI=1S/C22H20N8O4/c1-12(16(19-24-11-29(2)28-19)15-7-5-4-6-13(15)8-23)20-27-17(18(31)22(33)30(20)3)21(32)26-14-9-25-34-10-14/h4-7,9-12,16,31H,1-3H3,(H,26,32). The van der Waals surface area contributed by atoms with Crippen LogP contribution in [0.15, 0.2) is 52.4 Å². The number of rotatable bonds is 6. The number of carbonyl (C=O) groups is 1. The van der Waals surface area contributed by atoms with Gasteiger partial charge in [0.25, 0.3) is 11.5 Å². The number of aromatic nitrogens is 6. The van der Waals surface area contributed by atoms with Crippen LogP contribution in [-0.4, -0.2) is 40.5 Å². The highest BCUT2D eigenvalue weighted by molar-refractivity contribution is 6.04. The van der Waals surface area contributed by atoms with Crippen LogP contribution in [0.3, 0.4) is 0 Å². The molecule has 4 rings (SSSR count). The molecule has 2 atom stereocenters. The summed E-state index contributed by atoms with van der Waals surface area (Å²) in [7, 11) is 3.16. The van der Waals surface area contributed by atoms with E-state index in [0.717, 1.165) is 0 Å². The zero-order valence-corrected chi connectivity index (χ0v) is 18.5.